The number of primary amides is 1. The number of hydrogen-bond donors (Lipinski definition) is 1. The standard InChI is InChI=1S/C12H24N2O3/c1-5-17-12(16)6-10(4)14(7-9(2)3)8-11(13)15/h9-10H,5-8H2,1-4H3,(H2,13,15). The molecule has 0 aliphatic heterocycles. The molecule has 0 saturated heterocycles. The zero-order valence-electron chi connectivity index (χ0n) is 11.2. The zero-order chi connectivity index (χ0) is 13.4. The molecule has 2 N–H and O–H groups in total. The van der Waals surface area contributed by atoms with Gasteiger partial charge in [-0.1, -0.05) is 13.8 Å². The second kappa shape index (κ2) is 8.06. The molecule has 0 radical (unpaired) electrons. The van der Waals surface area contributed by atoms with Crippen molar-refractivity contribution in [3.63, 3.8) is 0 Å². The average Bonchev–Trinajstić information content (AvgIpc) is 2.15. The Bertz CT molecular complexity index is 254. The lowest BCUT2D eigenvalue weighted by Gasteiger charge is -2.28. The second-order valence-electron chi connectivity index (χ2n) is 4.65. The first kappa shape index (κ1) is 15.9. The predicted octanol–water partition coefficient (Wildman–Crippen LogP) is 0.771. The van der Waals surface area contributed by atoms with Crippen LogP contribution in [-0.2, 0) is 14.3 Å². The minimum atomic E-state index is -0.374. The number of nitrogens with zero attached hydrogens (tertiary/aromatic N) is 1. The first-order valence-corrected chi connectivity index (χ1v) is 6.04. The molecule has 100 valence electrons. The van der Waals surface area contributed by atoms with Gasteiger partial charge in [0.05, 0.1) is 19.6 Å². The molecule has 0 rings (SSSR count). The summed E-state index contributed by atoms with van der Waals surface area (Å²) >= 11 is 0. The maximum Gasteiger partial charge on any atom is 0.307 e. The van der Waals surface area contributed by atoms with Crippen molar-refractivity contribution in [3.8, 4) is 0 Å². The molecule has 0 aliphatic carbocycles. The number of carbonyl (C=O) groups excluding carboxylic acids is 2. The van der Waals surface area contributed by atoms with Crippen LogP contribution in [0.4, 0.5) is 0 Å². The number of hydrogen-bond acceptors (Lipinski definition) is 4. The summed E-state index contributed by atoms with van der Waals surface area (Å²) in [5.41, 5.74) is 5.20. The Hall–Kier alpha value is -1.10. The highest BCUT2D eigenvalue weighted by molar-refractivity contribution is 5.76. The molecule has 0 fully saturated rings. The van der Waals surface area contributed by atoms with Crippen molar-refractivity contribution in [3.05, 3.63) is 0 Å². The molecular formula is C12H24N2O3. The molecule has 0 spiro atoms. The van der Waals surface area contributed by atoms with E-state index in [0.29, 0.717) is 12.5 Å². The van der Waals surface area contributed by atoms with Crippen LogP contribution in [0.2, 0.25) is 0 Å². The van der Waals surface area contributed by atoms with E-state index in [-0.39, 0.29) is 30.9 Å². The van der Waals surface area contributed by atoms with E-state index in [0.717, 1.165) is 6.54 Å². The van der Waals surface area contributed by atoms with E-state index < -0.39 is 0 Å². The first-order chi connectivity index (χ1) is 7.86. The molecule has 1 unspecified atom stereocenters. The Morgan fingerprint density at radius 3 is 2.29 bits per heavy atom. The summed E-state index contributed by atoms with van der Waals surface area (Å²) in [6, 6.07) is -0.0380. The number of nitrogens with two attached hydrogens (primary N) is 1. The summed E-state index contributed by atoms with van der Waals surface area (Å²) in [6.45, 7) is 9.10. The van der Waals surface area contributed by atoms with Gasteiger partial charge < -0.3 is 10.5 Å². The molecule has 0 bridgehead atoms. The number of amides is 1. The fraction of sp³-hybridized carbons (Fsp3) is 0.833. The molecular weight excluding hydrogens is 220 g/mol. The lowest BCUT2D eigenvalue weighted by Crippen LogP contribution is -2.43. The van der Waals surface area contributed by atoms with Gasteiger partial charge in [-0.3, -0.25) is 14.5 Å². The molecule has 0 aromatic carbocycles. The normalized spacial score (nSPS) is 12.8. The number of rotatable bonds is 8. The van der Waals surface area contributed by atoms with Gasteiger partial charge >= 0.3 is 5.97 Å². The van der Waals surface area contributed by atoms with Crippen molar-refractivity contribution in [2.45, 2.75) is 40.2 Å². The number of carbonyl (C=O) groups is 2. The topological polar surface area (TPSA) is 72.6 Å². The number of esters is 1. The lowest BCUT2D eigenvalue weighted by atomic mass is 10.1. The van der Waals surface area contributed by atoms with Crippen LogP contribution in [0.25, 0.3) is 0 Å². The minimum Gasteiger partial charge on any atom is -0.466 e. The molecule has 0 heterocycles. The summed E-state index contributed by atoms with van der Waals surface area (Å²) in [5, 5.41) is 0. The predicted molar refractivity (Wildman–Crippen MR) is 66.3 cm³/mol. The van der Waals surface area contributed by atoms with Gasteiger partial charge in [0.15, 0.2) is 0 Å². The Morgan fingerprint density at radius 2 is 1.88 bits per heavy atom. The van der Waals surface area contributed by atoms with Gasteiger partial charge in [0, 0.05) is 12.6 Å². The molecule has 0 saturated carbocycles. The van der Waals surface area contributed by atoms with Gasteiger partial charge in [0.2, 0.25) is 5.91 Å². The third-order valence-electron chi connectivity index (χ3n) is 2.35. The Morgan fingerprint density at radius 1 is 1.29 bits per heavy atom. The highest BCUT2D eigenvalue weighted by Crippen LogP contribution is 2.08. The molecule has 0 aromatic heterocycles. The van der Waals surface area contributed by atoms with Crippen LogP contribution in [0.15, 0.2) is 0 Å². The van der Waals surface area contributed by atoms with Crippen LogP contribution < -0.4 is 5.73 Å². The summed E-state index contributed by atoms with van der Waals surface area (Å²) in [5.74, 6) is -0.196. The van der Waals surface area contributed by atoms with Gasteiger partial charge in [-0.2, -0.15) is 0 Å². The molecule has 0 aromatic rings. The monoisotopic (exact) mass is 244 g/mol. The fourth-order valence-corrected chi connectivity index (χ4v) is 1.66. The Balaban J connectivity index is 4.35. The van der Waals surface area contributed by atoms with E-state index in [2.05, 4.69) is 13.8 Å². The van der Waals surface area contributed by atoms with E-state index in [1.165, 1.54) is 0 Å². The van der Waals surface area contributed by atoms with Crippen molar-refractivity contribution >= 4 is 11.9 Å². The highest BCUT2D eigenvalue weighted by atomic mass is 16.5. The molecule has 0 aliphatic rings. The third kappa shape index (κ3) is 7.74. The fourth-order valence-electron chi connectivity index (χ4n) is 1.66. The Kier molecular flexibility index (Phi) is 7.54. The van der Waals surface area contributed by atoms with E-state index in [1.54, 1.807) is 6.92 Å². The first-order valence-electron chi connectivity index (χ1n) is 6.04. The smallest absolute Gasteiger partial charge is 0.307 e. The van der Waals surface area contributed by atoms with Gasteiger partial charge in [0.25, 0.3) is 0 Å². The quantitative estimate of drug-likeness (QED) is 0.640. The molecule has 5 heteroatoms. The number of ether oxygens (including phenoxy) is 1. The van der Waals surface area contributed by atoms with E-state index >= 15 is 0 Å². The van der Waals surface area contributed by atoms with Gasteiger partial charge in [-0.15, -0.1) is 0 Å². The Labute approximate surface area is 103 Å². The van der Waals surface area contributed by atoms with Crippen LogP contribution in [0.1, 0.15) is 34.1 Å². The van der Waals surface area contributed by atoms with E-state index in [1.807, 2.05) is 11.8 Å². The molecule has 1 atom stereocenters. The van der Waals surface area contributed by atoms with Gasteiger partial charge in [0.1, 0.15) is 0 Å². The van der Waals surface area contributed by atoms with Crippen LogP contribution in [0.5, 0.6) is 0 Å². The van der Waals surface area contributed by atoms with Crippen LogP contribution in [-0.4, -0.2) is 42.5 Å². The highest BCUT2D eigenvalue weighted by Gasteiger charge is 2.20. The van der Waals surface area contributed by atoms with E-state index in [9.17, 15) is 9.59 Å². The van der Waals surface area contributed by atoms with Crippen molar-refractivity contribution in [2.24, 2.45) is 11.7 Å². The molecule has 5 nitrogen and oxygen atoms in total. The van der Waals surface area contributed by atoms with Crippen LogP contribution in [0.3, 0.4) is 0 Å². The van der Waals surface area contributed by atoms with Crippen molar-refractivity contribution in [2.75, 3.05) is 19.7 Å². The third-order valence-corrected chi connectivity index (χ3v) is 2.35. The maximum absolute atomic E-state index is 11.4. The molecule has 1 amide bonds. The maximum atomic E-state index is 11.4. The summed E-state index contributed by atoms with van der Waals surface area (Å²) in [6.07, 6.45) is 0.286. The summed E-state index contributed by atoms with van der Waals surface area (Å²) in [4.78, 5) is 24.3. The minimum absolute atomic E-state index is 0.0380. The summed E-state index contributed by atoms with van der Waals surface area (Å²) < 4.78 is 4.89. The SMILES string of the molecule is CCOC(=O)CC(C)N(CC(N)=O)CC(C)C. The van der Waals surface area contributed by atoms with Crippen LogP contribution >= 0.6 is 0 Å². The lowest BCUT2D eigenvalue weighted by molar-refractivity contribution is -0.144. The summed E-state index contributed by atoms with van der Waals surface area (Å²) in [7, 11) is 0. The largest absolute Gasteiger partial charge is 0.466 e. The second-order valence-corrected chi connectivity index (χ2v) is 4.65. The van der Waals surface area contributed by atoms with Crippen molar-refractivity contribution in [1.29, 1.82) is 0 Å². The van der Waals surface area contributed by atoms with Crippen molar-refractivity contribution in [1.82, 2.24) is 4.90 Å². The van der Waals surface area contributed by atoms with E-state index in [4.69, 9.17) is 10.5 Å². The van der Waals surface area contributed by atoms with Crippen molar-refractivity contribution < 1.29 is 14.3 Å². The van der Waals surface area contributed by atoms with Crippen LogP contribution in [0, 0.1) is 5.92 Å². The average molecular weight is 244 g/mol. The van der Waals surface area contributed by atoms with Gasteiger partial charge in [-0.25, -0.2) is 0 Å². The zero-order valence-corrected chi connectivity index (χ0v) is 11.2. The van der Waals surface area contributed by atoms with Gasteiger partial charge in [-0.05, 0) is 19.8 Å². The molecule has 17 heavy (non-hydrogen) atoms.